The Morgan fingerprint density at radius 1 is 1.22 bits per heavy atom. The first-order valence-corrected chi connectivity index (χ1v) is 5.86. The molecule has 2 aromatic rings. The van der Waals surface area contributed by atoms with Crippen LogP contribution in [0.1, 0.15) is 37.1 Å². The molecule has 1 N–H and O–H groups in total. The highest BCUT2D eigenvalue weighted by Gasteiger charge is 2.18. The second-order valence-corrected chi connectivity index (χ2v) is 5.55. The van der Waals surface area contributed by atoms with Crippen molar-refractivity contribution < 1.29 is 9.90 Å². The fraction of sp³-hybridized carbons (Fsp3) is 0.357. The molecule has 0 aliphatic carbocycles. The SMILES string of the molecule is CC(C)(C)Cc1nc(C(=O)O)c2ccccc2n1. The first-order valence-electron chi connectivity index (χ1n) is 5.86. The van der Waals surface area contributed by atoms with E-state index in [9.17, 15) is 9.90 Å². The van der Waals surface area contributed by atoms with Crippen molar-refractivity contribution in [1.29, 1.82) is 0 Å². The monoisotopic (exact) mass is 244 g/mol. The van der Waals surface area contributed by atoms with Gasteiger partial charge in [0.05, 0.1) is 5.52 Å². The summed E-state index contributed by atoms with van der Waals surface area (Å²) >= 11 is 0. The molecule has 2 rings (SSSR count). The molecule has 0 atom stereocenters. The average molecular weight is 244 g/mol. The molecular weight excluding hydrogens is 228 g/mol. The predicted octanol–water partition coefficient (Wildman–Crippen LogP) is 2.92. The maximum atomic E-state index is 11.2. The third-order valence-electron chi connectivity index (χ3n) is 2.54. The van der Waals surface area contributed by atoms with Gasteiger partial charge in [-0.05, 0) is 11.5 Å². The van der Waals surface area contributed by atoms with Gasteiger partial charge in [0.1, 0.15) is 5.82 Å². The van der Waals surface area contributed by atoms with Gasteiger partial charge in [-0.2, -0.15) is 0 Å². The minimum atomic E-state index is -1.01. The summed E-state index contributed by atoms with van der Waals surface area (Å²) in [6.07, 6.45) is 0.651. The minimum absolute atomic E-state index is 0.0260. The molecule has 0 spiro atoms. The Bertz CT molecular complexity index is 600. The number of fused-ring (bicyclic) bond motifs is 1. The number of carboxylic acid groups (broad SMARTS) is 1. The number of aromatic nitrogens is 2. The summed E-state index contributed by atoms with van der Waals surface area (Å²) in [5, 5.41) is 9.80. The van der Waals surface area contributed by atoms with Gasteiger partial charge in [0.15, 0.2) is 5.69 Å². The Labute approximate surface area is 106 Å². The van der Waals surface area contributed by atoms with Crippen molar-refractivity contribution in [2.75, 3.05) is 0 Å². The first kappa shape index (κ1) is 12.5. The zero-order valence-electron chi connectivity index (χ0n) is 10.8. The van der Waals surface area contributed by atoms with Crippen molar-refractivity contribution in [3.63, 3.8) is 0 Å². The number of aromatic carboxylic acids is 1. The van der Waals surface area contributed by atoms with Gasteiger partial charge < -0.3 is 5.11 Å². The smallest absolute Gasteiger partial charge is 0.355 e. The molecule has 94 valence electrons. The quantitative estimate of drug-likeness (QED) is 0.882. The van der Waals surface area contributed by atoms with E-state index < -0.39 is 5.97 Å². The van der Waals surface area contributed by atoms with Crippen LogP contribution in [0.15, 0.2) is 24.3 Å². The Morgan fingerprint density at radius 3 is 2.50 bits per heavy atom. The third kappa shape index (κ3) is 2.64. The van der Waals surface area contributed by atoms with Gasteiger partial charge in [-0.3, -0.25) is 0 Å². The van der Waals surface area contributed by atoms with Crippen molar-refractivity contribution in [3.8, 4) is 0 Å². The highest BCUT2D eigenvalue weighted by atomic mass is 16.4. The van der Waals surface area contributed by atoms with Crippen molar-refractivity contribution in [2.24, 2.45) is 5.41 Å². The average Bonchev–Trinajstić information content (AvgIpc) is 2.25. The van der Waals surface area contributed by atoms with Crippen LogP contribution >= 0.6 is 0 Å². The largest absolute Gasteiger partial charge is 0.476 e. The second kappa shape index (κ2) is 4.37. The molecule has 0 bridgehead atoms. The first-order chi connectivity index (χ1) is 8.37. The summed E-state index contributed by atoms with van der Waals surface area (Å²) in [6.45, 7) is 6.23. The zero-order valence-corrected chi connectivity index (χ0v) is 10.8. The van der Waals surface area contributed by atoms with Crippen LogP contribution in [0.4, 0.5) is 0 Å². The predicted molar refractivity (Wildman–Crippen MR) is 69.7 cm³/mol. The lowest BCUT2D eigenvalue weighted by molar-refractivity contribution is 0.0692. The Kier molecular flexibility index (Phi) is 3.03. The molecule has 18 heavy (non-hydrogen) atoms. The van der Waals surface area contributed by atoms with Crippen molar-refractivity contribution in [1.82, 2.24) is 9.97 Å². The van der Waals surface area contributed by atoms with Crippen LogP contribution < -0.4 is 0 Å². The van der Waals surface area contributed by atoms with Crippen LogP contribution in [0.3, 0.4) is 0 Å². The van der Waals surface area contributed by atoms with E-state index in [1.54, 1.807) is 12.1 Å². The van der Waals surface area contributed by atoms with Gasteiger partial charge in [-0.15, -0.1) is 0 Å². The molecule has 0 amide bonds. The Balaban J connectivity index is 2.61. The molecular formula is C14H16N2O2. The van der Waals surface area contributed by atoms with Crippen LogP contribution in [-0.2, 0) is 6.42 Å². The van der Waals surface area contributed by atoms with E-state index in [0.29, 0.717) is 23.1 Å². The molecule has 0 saturated heterocycles. The molecule has 0 fully saturated rings. The molecule has 1 aromatic heterocycles. The Morgan fingerprint density at radius 2 is 1.89 bits per heavy atom. The summed E-state index contributed by atoms with van der Waals surface area (Å²) < 4.78 is 0. The van der Waals surface area contributed by atoms with Crippen LogP contribution in [0.2, 0.25) is 0 Å². The minimum Gasteiger partial charge on any atom is -0.476 e. The maximum absolute atomic E-state index is 11.2. The summed E-state index contributed by atoms with van der Waals surface area (Å²) in [5.74, 6) is -0.428. The topological polar surface area (TPSA) is 63.1 Å². The number of hydrogen-bond donors (Lipinski definition) is 1. The maximum Gasteiger partial charge on any atom is 0.355 e. The van der Waals surface area contributed by atoms with E-state index in [-0.39, 0.29) is 11.1 Å². The van der Waals surface area contributed by atoms with Crippen molar-refractivity contribution >= 4 is 16.9 Å². The number of rotatable bonds is 2. The number of nitrogens with zero attached hydrogens (tertiary/aromatic N) is 2. The molecule has 1 aromatic carbocycles. The van der Waals surface area contributed by atoms with Gasteiger partial charge in [-0.25, -0.2) is 14.8 Å². The number of carboxylic acids is 1. The standard InChI is InChI=1S/C14H16N2O2/c1-14(2,3)8-11-15-10-7-5-4-6-9(10)12(16-11)13(17)18/h4-7H,8H2,1-3H3,(H,17,18). The van der Waals surface area contributed by atoms with Crippen LogP contribution in [0.5, 0.6) is 0 Å². The van der Waals surface area contributed by atoms with E-state index >= 15 is 0 Å². The van der Waals surface area contributed by atoms with Gasteiger partial charge in [0.25, 0.3) is 0 Å². The second-order valence-electron chi connectivity index (χ2n) is 5.55. The molecule has 0 unspecified atom stereocenters. The summed E-state index contributed by atoms with van der Waals surface area (Å²) in [6, 6.07) is 7.19. The van der Waals surface area contributed by atoms with E-state index in [1.165, 1.54) is 0 Å². The zero-order chi connectivity index (χ0) is 13.3. The molecule has 0 aliphatic heterocycles. The van der Waals surface area contributed by atoms with E-state index in [0.717, 1.165) is 0 Å². The number of benzene rings is 1. The lowest BCUT2D eigenvalue weighted by atomic mass is 9.92. The molecule has 0 saturated carbocycles. The van der Waals surface area contributed by atoms with E-state index in [2.05, 4.69) is 30.7 Å². The highest BCUT2D eigenvalue weighted by molar-refractivity contribution is 6.00. The van der Waals surface area contributed by atoms with E-state index in [1.807, 2.05) is 12.1 Å². The van der Waals surface area contributed by atoms with Gasteiger partial charge in [-0.1, -0.05) is 39.0 Å². The van der Waals surface area contributed by atoms with Crippen LogP contribution in [0.25, 0.3) is 10.9 Å². The van der Waals surface area contributed by atoms with Gasteiger partial charge >= 0.3 is 5.97 Å². The summed E-state index contributed by atoms with van der Waals surface area (Å²) in [7, 11) is 0. The molecule has 4 nitrogen and oxygen atoms in total. The van der Waals surface area contributed by atoms with Crippen LogP contribution in [0, 0.1) is 5.41 Å². The molecule has 0 radical (unpaired) electrons. The fourth-order valence-corrected chi connectivity index (χ4v) is 1.84. The summed E-state index contributed by atoms with van der Waals surface area (Å²) in [4.78, 5) is 19.8. The molecule has 0 aliphatic rings. The number of para-hydroxylation sites is 1. The lowest BCUT2D eigenvalue weighted by Gasteiger charge is -2.17. The highest BCUT2D eigenvalue weighted by Crippen LogP contribution is 2.21. The lowest BCUT2D eigenvalue weighted by Crippen LogP contribution is -2.14. The van der Waals surface area contributed by atoms with E-state index in [4.69, 9.17) is 0 Å². The Hall–Kier alpha value is -1.97. The fourth-order valence-electron chi connectivity index (χ4n) is 1.84. The molecule has 1 heterocycles. The van der Waals surface area contributed by atoms with Gasteiger partial charge in [0.2, 0.25) is 0 Å². The number of carbonyl (C=O) groups is 1. The molecule has 4 heteroatoms. The normalized spacial score (nSPS) is 11.7. The number of hydrogen-bond acceptors (Lipinski definition) is 3. The van der Waals surface area contributed by atoms with Crippen LogP contribution in [-0.4, -0.2) is 21.0 Å². The van der Waals surface area contributed by atoms with Crippen molar-refractivity contribution in [3.05, 3.63) is 35.8 Å². The van der Waals surface area contributed by atoms with Crippen molar-refractivity contribution in [2.45, 2.75) is 27.2 Å². The summed E-state index contributed by atoms with van der Waals surface area (Å²) in [5.41, 5.74) is 0.794. The third-order valence-corrected chi connectivity index (χ3v) is 2.54. The van der Waals surface area contributed by atoms with Gasteiger partial charge in [0, 0.05) is 11.8 Å².